The van der Waals surface area contributed by atoms with Crippen molar-refractivity contribution < 1.29 is 26.4 Å². The van der Waals surface area contributed by atoms with Crippen molar-refractivity contribution in [3.8, 4) is 0 Å². The number of nitrogens with one attached hydrogen (secondary N) is 1. The average Bonchev–Trinajstić information content (AvgIpc) is 3.57. The molecule has 0 radical (unpaired) electrons. The molecule has 3 fully saturated rings. The van der Waals surface area contributed by atoms with Gasteiger partial charge in [-0.15, -0.1) is 11.8 Å². The Hall–Kier alpha value is -4.07. The van der Waals surface area contributed by atoms with Gasteiger partial charge in [-0.1, -0.05) is 32.9 Å². The molecular formula is C37H54FN7O5S. The molecule has 14 heteroatoms. The van der Waals surface area contributed by atoms with Gasteiger partial charge in [0.05, 0.1) is 16.5 Å². The summed E-state index contributed by atoms with van der Waals surface area (Å²) in [7, 11) is 0. The quantitative estimate of drug-likeness (QED) is 0.312. The van der Waals surface area contributed by atoms with Crippen LogP contribution in [0.3, 0.4) is 0 Å². The number of fused-ring (bicyclic) bond motifs is 1. The standard InChI is InChI=1S/C37H50FN7O5S.2H2/c1-36(2,3)14-18-44-32(47)28(23-29(46)41-16-12-24(13-17-41)45-27-11-8-15-39-31(27)40-34(45)48)51-33(44)25-9-7-10-26(38)30(25)42-19-21-43(22-20-42)35(49)50-37(4,5)6;;/h7-11,15,24,28,33H,12-14,16-23H2,1-6H3,(H,39,40,48);2*1H/t28-,33?;;/m0../s1. The van der Waals surface area contributed by atoms with Gasteiger partial charge in [-0.25, -0.2) is 19.0 Å². The van der Waals surface area contributed by atoms with E-state index < -0.39 is 16.2 Å². The molecule has 3 aliphatic rings. The zero-order valence-corrected chi connectivity index (χ0v) is 31.3. The number of carbonyl (C=O) groups is 3. The van der Waals surface area contributed by atoms with Crippen molar-refractivity contribution in [2.75, 3.05) is 50.7 Å². The van der Waals surface area contributed by atoms with E-state index in [1.54, 1.807) is 32.7 Å². The molecule has 3 aliphatic heterocycles. The van der Waals surface area contributed by atoms with Gasteiger partial charge < -0.3 is 24.3 Å². The number of pyridine rings is 1. The van der Waals surface area contributed by atoms with E-state index in [0.717, 1.165) is 11.9 Å². The predicted molar refractivity (Wildman–Crippen MR) is 200 cm³/mol. The van der Waals surface area contributed by atoms with E-state index >= 15 is 4.39 Å². The Kier molecular flexibility index (Phi) is 10.4. The lowest BCUT2D eigenvalue weighted by Gasteiger charge is -2.38. The van der Waals surface area contributed by atoms with Crippen molar-refractivity contribution >= 4 is 46.5 Å². The Morgan fingerprint density at radius 1 is 0.980 bits per heavy atom. The summed E-state index contributed by atoms with van der Waals surface area (Å²) in [5.74, 6) is -0.587. The first-order valence-corrected chi connectivity index (χ1v) is 18.8. The van der Waals surface area contributed by atoms with Crippen LogP contribution >= 0.6 is 11.8 Å². The number of piperazine rings is 1. The summed E-state index contributed by atoms with van der Waals surface area (Å²) in [5, 5.41) is -1.08. The lowest BCUT2D eigenvalue weighted by molar-refractivity contribution is -0.136. The van der Waals surface area contributed by atoms with Gasteiger partial charge in [0.15, 0.2) is 5.65 Å². The van der Waals surface area contributed by atoms with E-state index in [-0.39, 0.29) is 50.1 Å². The van der Waals surface area contributed by atoms with Gasteiger partial charge in [-0.2, -0.15) is 0 Å². The number of piperidine rings is 1. The van der Waals surface area contributed by atoms with E-state index in [2.05, 4.69) is 30.7 Å². The molecule has 6 rings (SSSR count). The molecule has 12 nitrogen and oxygen atoms in total. The van der Waals surface area contributed by atoms with E-state index in [1.807, 2.05) is 42.7 Å². The van der Waals surface area contributed by atoms with Gasteiger partial charge in [0.25, 0.3) is 0 Å². The third-order valence-corrected chi connectivity index (χ3v) is 11.3. The molecule has 5 heterocycles. The average molecular weight is 728 g/mol. The normalized spacial score (nSPS) is 20.8. The second-order valence-electron chi connectivity index (χ2n) is 15.9. The molecule has 0 bridgehead atoms. The summed E-state index contributed by atoms with van der Waals surface area (Å²) in [5.41, 5.74) is 1.58. The zero-order valence-electron chi connectivity index (χ0n) is 30.5. The number of rotatable bonds is 7. The highest BCUT2D eigenvalue weighted by Crippen LogP contribution is 2.48. The fourth-order valence-corrected chi connectivity index (χ4v) is 8.63. The van der Waals surface area contributed by atoms with Crippen molar-refractivity contribution in [1.29, 1.82) is 0 Å². The number of halogens is 1. The smallest absolute Gasteiger partial charge is 0.410 e. The van der Waals surface area contributed by atoms with Crippen molar-refractivity contribution in [2.45, 2.75) is 89.5 Å². The Bertz CT molecular complexity index is 1830. The van der Waals surface area contributed by atoms with Crippen LogP contribution in [-0.4, -0.2) is 104 Å². The number of H-pyrrole nitrogens is 1. The maximum absolute atomic E-state index is 15.8. The second kappa shape index (κ2) is 14.5. The number of benzene rings is 1. The minimum atomic E-state index is -0.610. The van der Waals surface area contributed by atoms with Crippen LogP contribution in [0, 0.1) is 11.2 Å². The Morgan fingerprint density at radius 2 is 1.69 bits per heavy atom. The Labute approximate surface area is 305 Å². The van der Waals surface area contributed by atoms with E-state index in [0.29, 0.717) is 75.6 Å². The lowest BCUT2D eigenvalue weighted by Crippen LogP contribution is -2.50. The van der Waals surface area contributed by atoms with E-state index in [4.69, 9.17) is 4.74 Å². The molecule has 3 saturated heterocycles. The number of imidazole rings is 1. The third kappa shape index (κ3) is 8.21. The SMILES string of the molecule is CC(C)(C)CCN1C(=O)[C@H](CC(=O)N2CCC(n3c(=O)[nH]c4ncccc43)CC2)SC1c1cccc(F)c1N1CCN(C(=O)OC(C)(C)C)CC1.[HH].[HH]. The van der Waals surface area contributed by atoms with Crippen LogP contribution in [0.1, 0.15) is 87.1 Å². The molecule has 0 spiro atoms. The number of nitrogens with zero attached hydrogens (tertiary/aromatic N) is 6. The monoisotopic (exact) mass is 727 g/mol. The number of thioether (sulfide) groups is 1. The van der Waals surface area contributed by atoms with Gasteiger partial charge in [0.2, 0.25) is 11.8 Å². The molecule has 0 aliphatic carbocycles. The highest BCUT2D eigenvalue weighted by atomic mass is 32.2. The van der Waals surface area contributed by atoms with Crippen molar-refractivity contribution in [2.24, 2.45) is 5.41 Å². The van der Waals surface area contributed by atoms with Gasteiger partial charge in [0.1, 0.15) is 16.8 Å². The van der Waals surface area contributed by atoms with Crippen molar-refractivity contribution in [3.05, 3.63) is 58.4 Å². The third-order valence-electron chi connectivity index (χ3n) is 9.80. The van der Waals surface area contributed by atoms with E-state index in [9.17, 15) is 19.2 Å². The van der Waals surface area contributed by atoms with Gasteiger partial charge >= 0.3 is 11.8 Å². The predicted octanol–water partition coefficient (Wildman–Crippen LogP) is 6.05. The maximum Gasteiger partial charge on any atom is 0.410 e. The van der Waals surface area contributed by atoms with Gasteiger partial charge in [-0.05, 0) is 63.6 Å². The van der Waals surface area contributed by atoms with Crippen LogP contribution in [0.2, 0.25) is 0 Å². The largest absolute Gasteiger partial charge is 0.444 e. The molecular weight excluding hydrogens is 674 g/mol. The Morgan fingerprint density at radius 3 is 2.35 bits per heavy atom. The number of carbonyl (C=O) groups excluding carboxylic acids is 3. The molecule has 2 atom stereocenters. The van der Waals surface area contributed by atoms with E-state index in [1.165, 1.54) is 17.8 Å². The first kappa shape index (κ1) is 36.7. The number of amides is 3. The first-order valence-electron chi connectivity index (χ1n) is 17.9. The van der Waals surface area contributed by atoms with Crippen molar-refractivity contribution in [3.63, 3.8) is 0 Å². The second-order valence-corrected chi connectivity index (χ2v) is 17.2. The van der Waals surface area contributed by atoms with Crippen LogP contribution in [0.25, 0.3) is 11.2 Å². The summed E-state index contributed by atoms with van der Waals surface area (Å²) in [6.07, 6.45) is 3.28. The van der Waals surface area contributed by atoms with Crippen LogP contribution in [0.4, 0.5) is 14.9 Å². The van der Waals surface area contributed by atoms with Crippen LogP contribution < -0.4 is 10.6 Å². The zero-order chi connectivity index (χ0) is 36.7. The minimum absolute atomic E-state index is 0. The number of hydrogen-bond acceptors (Lipinski definition) is 8. The molecule has 51 heavy (non-hydrogen) atoms. The molecule has 0 saturated carbocycles. The number of aromatic amines is 1. The number of anilines is 1. The molecule has 3 aromatic rings. The first-order chi connectivity index (χ1) is 24.1. The maximum atomic E-state index is 15.8. The summed E-state index contributed by atoms with van der Waals surface area (Å²) >= 11 is 1.42. The molecule has 280 valence electrons. The molecule has 1 N–H and O–H groups in total. The summed E-state index contributed by atoms with van der Waals surface area (Å²) in [6.45, 7) is 14.9. The van der Waals surface area contributed by atoms with Crippen LogP contribution in [0.15, 0.2) is 41.3 Å². The number of aromatic nitrogens is 3. The lowest BCUT2D eigenvalue weighted by atomic mass is 9.92. The molecule has 1 aromatic carbocycles. The fraction of sp³-hybridized carbons (Fsp3) is 0.595. The molecule has 3 amide bonds. The minimum Gasteiger partial charge on any atom is -0.444 e. The summed E-state index contributed by atoms with van der Waals surface area (Å²) in [6, 6.07) is 8.61. The summed E-state index contributed by atoms with van der Waals surface area (Å²) in [4.78, 5) is 67.6. The number of ether oxygens (including phenoxy) is 1. The van der Waals surface area contributed by atoms with Crippen LogP contribution in [-0.2, 0) is 14.3 Å². The van der Waals surface area contributed by atoms with Gasteiger partial charge in [-0.3, -0.25) is 19.1 Å². The summed E-state index contributed by atoms with van der Waals surface area (Å²) < 4.78 is 23.1. The highest BCUT2D eigenvalue weighted by Gasteiger charge is 2.44. The Balaban J connectivity index is 0.00000314. The number of likely N-dealkylation sites (tertiary alicyclic amines) is 1. The highest BCUT2D eigenvalue weighted by molar-refractivity contribution is 8.01. The van der Waals surface area contributed by atoms with Crippen LogP contribution in [0.5, 0.6) is 0 Å². The van der Waals surface area contributed by atoms with Gasteiger partial charge in [0, 0.05) is 72.9 Å². The number of hydrogen-bond donors (Lipinski definition) is 1. The molecule has 1 unspecified atom stereocenters. The van der Waals surface area contributed by atoms with Crippen molar-refractivity contribution in [1.82, 2.24) is 29.2 Å². The topological polar surface area (TPSA) is 124 Å². The fourth-order valence-electron chi connectivity index (χ4n) is 7.13. The molecule has 2 aromatic heterocycles. The number of para-hydroxylation sites is 1.